The average molecular weight is 1210 g/mol. The quantitative estimate of drug-likeness (QED) is 0.0262. The van der Waals surface area contributed by atoms with Crippen molar-refractivity contribution in [3.63, 3.8) is 0 Å². The number of carbonyl (C=O) groups excluding carboxylic acids is 6. The average Bonchev–Trinajstić information content (AvgIpc) is 3.70. The lowest BCUT2D eigenvalue weighted by Crippen LogP contribution is -2.51. The van der Waals surface area contributed by atoms with E-state index in [0.29, 0.717) is 39.8 Å². The van der Waals surface area contributed by atoms with E-state index in [2.05, 4.69) is 47.9 Å². The third-order valence-electron chi connectivity index (χ3n) is 13.0. The lowest BCUT2D eigenvalue weighted by molar-refractivity contribution is -0.141. The number of unbranched alkanes of at least 4 members (excludes halogenated alkanes) is 1. The zero-order valence-corrected chi connectivity index (χ0v) is 47.5. The number of aliphatic carboxylic acids is 6. The van der Waals surface area contributed by atoms with Crippen molar-refractivity contribution in [2.24, 2.45) is 0 Å². The second-order valence-electron chi connectivity index (χ2n) is 19.8. The Morgan fingerprint density at radius 3 is 1.08 bits per heavy atom. The molecule has 0 aliphatic rings. The Hall–Kier alpha value is -9.84. The van der Waals surface area contributed by atoms with Gasteiger partial charge in [-0.2, -0.15) is 0 Å². The van der Waals surface area contributed by atoms with Crippen LogP contribution in [0, 0.1) is 0 Å². The Balaban J connectivity index is 1.13. The van der Waals surface area contributed by atoms with Crippen LogP contribution in [0.1, 0.15) is 95.8 Å². The number of urea groups is 1. The van der Waals surface area contributed by atoms with Crippen LogP contribution in [0.3, 0.4) is 0 Å². The fourth-order valence-electron chi connectivity index (χ4n) is 8.21. The van der Waals surface area contributed by atoms with Gasteiger partial charge in [0.25, 0.3) is 23.6 Å². The van der Waals surface area contributed by atoms with Gasteiger partial charge in [-0.1, -0.05) is 48.5 Å². The number of amides is 7. The van der Waals surface area contributed by atoms with E-state index in [-0.39, 0.29) is 135 Å². The Labute approximate surface area is 499 Å². The lowest BCUT2D eigenvalue weighted by Gasteiger charge is -2.26. The molecule has 0 saturated carbocycles. The largest absolute Gasteiger partial charge is 0.481 e. The Morgan fingerprint density at radius 2 is 0.724 bits per heavy atom. The molecule has 4 rings (SSSR count). The minimum Gasteiger partial charge on any atom is -0.481 e. The molecule has 2 atom stereocenters. The van der Waals surface area contributed by atoms with E-state index in [1.807, 2.05) is 0 Å². The molecule has 0 saturated heterocycles. The molecule has 29 nitrogen and oxygen atoms in total. The summed E-state index contributed by atoms with van der Waals surface area (Å²) in [5.74, 6) is -9.07. The van der Waals surface area contributed by atoms with Crippen LogP contribution in [0.15, 0.2) is 97.1 Å². The summed E-state index contributed by atoms with van der Waals surface area (Å²) < 4.78 is 0. The maximum Gasteiger partial charge on any atom is 0.326 e. The summed E-state index contributed by atoms with van der Waals surface area (Å²) in [6.07, 6.45) is -0.321. The molecule has 7 amide bonds. The Kier molecular flexibility index (Phi) is 30.0. The van der Waals surface area contributed by atoms with Crippen molar-refractivity contribution in [2.45, 2.75) is 70.4 Å². The SMILES string of the molecule is O=C(O)CCC(NC(=O)NC(CCCCNC(=O)c1ccc(CNC(=O)c2ccc(CNC(=O)c3ccc(CNC(=O)c4ccc(CNC(=O)CN(CCNCC(=O)O)CCN(CCNCC(=O)O)CC(=O)O)cc4)cc3)cc2)cc1)C(=O)O)C(=O)O. The highest BCUT2D eigenvalue weighted by atomic mass is 16.4. The molecule has 0 aliphatic carbocycles. The zero-order chi connectivity index (χ0) is 63.7. The van der Waals surface area contributed by atoms with Gasteiger partial charge < -0.3 is 78.5 Å². The number of carboxylic acids is 6. The van der Waals surface area contributed by atoms with E-state index in [4.69, 9.17) is 15.3 Å². The molecule has 0 heterocycles. The van der Waals surface area contributed by atoms with E-state index >= 15 is 0 Å². The fourth-order valence-corrected chi connectivity index (χ4v) is 8.21. The zero-order valence-electron chi connectivity index (χ0n) is 47.5. The number of rotatable bonds is 41. The summed E-state index contributed by atoms with van der Waals surface area (Å²) in [6.45, 7) is 1.34. The first-order valence-corrected chi connectivity index (χ1v) is 27.6. The molecule has 0 aromatic heterocycles. The van der Waals surface area contributed by atoms with E-state index in [9.17, 15) is 72.9 Å². The molecule has 0 radical (unpaired) electrons. The molecule has 4 aromatic carbocycles. The monoisotopic (exact) mass is 1210 g/mol. The smallest absolute Gasteiger partial charge is 0.326 e. The van der Waals surface area contributed by atoms with Gasteiger partial charge in [0.15, 0.2) is 0 Å². The highest BCUT2D eigenvalue weighted by Gasteiger charge is 2.25. The van der Waals surface area contributed by atoms with Crippen molar-refractivity contribution in [2.75, 3.05) is 72.0 Å². The van der Waals surface area contributed by atoms with Crippen molar-refractivity contribution in [3.8, 4) is 0 Å². The molecule has 468 valence electrons. The van der Waals surface area contributed by atoms with Crippen LogP contribution >= 0.6 is 0 Å². The third kappa shape index (κ3) is 28.1. The normalized spacial score (nSPS) is 11.6. The van der Waals surface area contributed by atoms with Gasteiger partial charge in [0.05, 0.1) is 26.2 Å². The van der Waals surface area contributed by atoms with E-state index in [1.165, 1.54) is 0 Å². The van der Waals surface area contributed by atoms with Gasteiger partial charge in [0.1, 0.15) is 12.1 Å². The molecular formula is C58H73N11O18. The Bertz CT molecular complexity index is 2980. The highest BCUT2D eigenvalue weighted by Crippen LogP contribution is 2.12. The minimum absolute atomic E-state index is 0.0319. The van der Waals surface area contributed by atoms with Crippen LogP contribution in [-0.2, 0) is 59.7 Å². The molecule has 87 heavy (non-hydrogen) atoms. The van der Waals surface area contributed by atoms with Crippen molar-refractivity contribution in [3.05, 3.63) is 142 Å². The van der Waals surface area contributed by atoms with Gasteiger partial charge in [0, 0.05) is 101 Å². The first-order valence-electron chi connectivity index (χ1n) is 27.6. The summed E-state index contributed by atoms with van der Waals surface area (Å²) in [4.78, 5) is 147. The van der Waals surface area contributed by atoms with Gasteiger partial charge in [-0.25, -0.2) is 14.4 Å². The maximum absolute atomic E-state index is 13.0. The number of carboxylic acid groups (broad SMARTS) is 6. The second-order valence-corrected chi connectivity index (χ2v) is 19.8. The number of hydrogen-bond acceptors (Lipinski definition) is 16. The molecule has 15 N–H and O–H groups in total. The Morgan fingerprint density at radius 1 is 0.368 bits per heavy atom. The number of carbonyl (C=O) groups is 12. The minimum atomic E-state index is -1.53. The first kappa shape index (κ1) is 69.7. The van der Waals surface area contributed by atoms with E-state index in [0.717, 1.165) is 11.1 Å². The number of hydrogen-bond donors (Lipinski definition) is 15. The van der Waals surface area contributed by atoms with Gasteiger partial charge in [-0.15, -0.1) is 0 Å². The third-order valence-corrected chi connectivity index (χ3v) is 13.0. The molecule has 29 heteroatoms. The summed E-state index contributed by atoms with van der Waals surface area (Å²) in [5.41, 5.74) is 4.35. The van der Waals surface area contributed by atoms with Crippen LogP contribution in [0.5, 0.6) is 0 Å². The lowest BCUT2D eigenvalue weighted by atomic mass is 10.1. The molecule has 0 aliphatic heterocycles. The molecule has 0 bridgehead atoms. The van der Waals surface area contributed by atoms with Crippen LogP contribution < -0.4 is 47.9 Å². The van der Waals surface area contributed by atoms with Gasteiger partial charge >= 0.3 is 41.8 Å². The van der Waals surface area contributed by atoms with E-state index < -0.39 is 72.7 Å². The van der Waals surface area contributed by atoms with Gasteiger partial charge in [0.2, 0.25) is 5.91 Å². The summed E-state index contributed by atoms with van der Waals surface area (Å²) in [7, 11) is 0. The highest BCUT2D eigenvalue weighted by molar-refractivity contribution is 5.96. The maximum atomic E-state index is 13.0. The predicted octanol–water partition coefficient (Wildman–Crippen LogP) is 0.100. The second kappa shape index (κ2) is 37.5. The molecule has 2 unspecified atom stereocenters. The van der Waals surface area contributed by atoms with E-state index in [1.54, 1.807) is 107 Å². The first-order chi connectivity index (χ1) is 41.5. The van der Waals surface area contributed by atoms with Crippen molar-refractivity contribution < 1.29 is 88.2 Å². The summed E-state index contributed by atoms with van der Waals surface area (Å²) in [5, 5.41) is 78.5. The number of nitrogens with one attached hydrogen (secondary N) is 9. The predicted molar refractivity (Wildman–Crippen MR) is 310 cm³/mol. The molecule has 0 fully saturated rings. The van der Waals surface area contributed by atoms with Crippen molar-refractivity contribution in [1.29, 1.82) is 0 Å². The summed E-state index contributed by atoms with van der Waals surface area (Å²) >= 11 is 0. The molecular weight excluding hydrogens is 1140 g/mol. The topological polar surface area (TPSA) is 441 Å². The van der Waals surface area contributed by atoms with Crippen LogP contribution in [0.25, 0.3) is 0 Å². The van der Waals surface area contributed by atoms with Gasteiger partial charge in [-0.05, 0) is 96.5 Å². The molecule has 0 spiro atoms. The fraction of sp³-hybridized carbons (Fsp3) is 0.379. The van der Waals surface area contributed by atoms with Gasteiger partial charge in [-0.3, -0.25) is 53.0 Å². The standard InChI is InChI=1S/C58H73N11O18/c70-47(35-68(25-23-59-33-49(73)74)27-28-69(36-51(77)78)26-24-60-34-50(75)76)62-29-37-4-14-42(15-5-37)53(80)64-31-39-8-18-44(19-9-39)55(82)65-32-40-10-16-43(17-11-40)54(81)63-30-38-6-12-41(13-7-38)52(79)61-22-2-1-3-45(56(83)84)66-58(87)67-46(57(85)86)20-21-48(71)72/h4-19,45-46,59-60H,1-3,20-36H2,(H,61,79)(H,62,70)(H,63,81)(H,64,80)(H,65,82)(H,71,72)(H,73,74)(H,75,76)(H,77,78)(H,83,84)(H,85,86)(H2,66,67,87). The number of benzene rings is 4. The van der Waals surface area contributed by atoms with Crippen LogP contribution in [0.4, 0.5) is 4.79 Å². The van der Waals surface area contributed by atoms with Crippen LogP contribution in [0.2, 0.25) is 0 Å². The molecule has 4 aromatic rings. The summed E-state index contributed by atoms with van der Waals surface area (Å²) in [6, 6.07) is 22.5. The van der Waals surface area contributed by atoms with Crippen molar-refractivity contribution >= 4 is 71.4 Å². The number of nitrogens with zero attached hydrogens (tertiary/aromatic N) is 2. The van der Waals surface area contributed by atoms with Crippen molar-refractivity contribution in [1.82, 2.24) is 57.7 Å². The van der Waals surface area contributed by atoms with Crippen LogP contribution in [-0.4, -0.2) is 196 Å².